The molecule has 0 aliphatic carbocycles. The minimum atomic E-state index is -2.82. The number of likely N-dealkylation sites (N-methyl/N-ethyl adjacent to an activating group) is 2. The summed E-state index contributed by atoms with van der Waals surface area (Å²) < 4.78 is 21.7. The van der Waals surface area contributed by atoms with E-state index in [0.29, 0.717) is 12.6 Å². The van der Waals surface area contributed by atoms with Crippen LogP contribution in [-0.2, 0) is 9.84 Å². The van der Waals surface area contributed by atoms with Crippen LogP contribution in [0.25, 0.3) is 0 Å². The van der Waals surface area contributed by atoms with Gasteiger partial charge in [-0.25, -0.2) is 8.42 Å². The van der Waals surface area contributed by atoms with Crippen LogP contribution < -0.4 is 5.32 Å². The van der Waals surface area contributed by atoms with Crippen LogP contribution in [-0.4, -0.2) is 58.6 Å². The van der Waals surface area contributed by atoms with Crippen molar-refractivity contribution in [1.82, 2.24) is 10.2 Å². The molecule has 0 aliphatic rings. The van der Waals surface area contributed by atoms with Crippen LogP contribution >= 0.6 is 0 Å². The van der Waals surface area contributed by atoms with E-state index in [1.54, 1.807) is 0 Å². The summed E-state index contributed by atoms with van der Waals surface area (Å²) in [6.07, 6.45) is 1.27. The molecule has 0 fully saturated rings. The van der Waals surface area contributed by atoms with E-state index in [0.717, 1.165) is 6.54 Å². The molecule has 1 N–H and O–H groups in total. The predicted octanol–water partition coefficient (Wildman–Crippen LogP) is -0.429. The highest BCUT2D eigenvalue weighted by atomic mass is 32.2. The highest BCUT2D eigenvalue weighted by molar-refractivity contribution is 7.90. The smallest absolute Gasteiger partial charge is 0.148 e. The zero-order valence-corrected chi connectivity index (χ0v) is 9.69. The molecular weight excluding hydrogens is 188 g/mol. The Bertz CT molecular complexity index is 226. The molecule has 0 amide bonds. The standard InChI is InChI=1S/C8H20N2O2S/c1-8(9-2)7-10(3)5-6-13(4,11)12/h8-9H,5-7H2,1-4H3. The summed E-state index contributed by atoms with van der Waals surface area (Å²) in [7, 11) is 1.00. The molecule has 0 aromatic rings. The summed E-state index contributed by atoms with van der Waals surface area (Å²) in [5.41, 5.74) is 0. The molecule has 0 saturated heterocycles. The summed E-state index contributed by atoms with van der Waals surface area (Å²) in [5, 5.41) is 3.10. The first-order valence-corrected chi connectivity index (χ1v) is 6.44. The molecule has 80 valence electrons. The highest BCUT2D eigenvalue weighted by Gasteiger charge is 2.07. The number of hydrogen-bond donors (Lipinski definition) is 1. The van der Waals surface area contributed by atoms with Gasteiger partial charge in [-0.15, -0.1) is 0 Å². The lowest BCUT2D eigenvalue weighted by atomic mass is 10.3. The van der Waals surface area contributed by atoms with Crippen molar-refractivity contribution in [2.24, 2.45) is 0 Å². The molecule has 4 nitrogen and oxygen atoms in total. The quantitative estimate of drug-likeness (QED) is 0.643. The van der Waals surface area contributed by atoms with Gasteiger partial charge in [0, 0.05) is 25.4 Å². The molecule has 0 spiro atoms. The van der Waals surface area contributed by atoms with E-state index in [9.17, 15) is 8.42 Å². The first-order chi connectivity index (χ1) is 5.85. The average molecular weight is 208 g/mol. The van der Waals surface area contributed by atoms with E-state index >= 15 is 0 Å². The Hall–Kier alpha value is -0.130. The van der Waals surface area contributed by atoms with Crippen LogP contribution in [0.3, 0.4) is 0 Å². The van der Waals surface area contributed by atoms with Crippen molar-refractivity contribution in [3.05, 3.63) is 0 Å². The molecule has 0 aromatic heterocycles. The molecule has 0 aromatic carbocycles. The molecule has 1 atom stereocenters. The average Bonchev–Trinajstić information content (AvgIpc) is 1.99. The maximum Gasteiger partial charge on any atom is 0.148 e. The monoisotopic (exact) mass is 208 g/mol. The largest absolute Gasteiger partial charge is 0.316 e. The van der Waals surface area contributed by atoms with Crippen LogP contribution in [0, 0.1) is 0 Å². The number of sulfone groups is 1. The van der Waals surface area contributed by atoms with E-state index in [-0.39, 0.29) is 5.75 Å². The van der Waals surface area contributed by atoms with Crippen molar-refractivity contribution >= 4 is 9.84 Å². The highest BCUT2D eigenvalue weighted by Crippen LogP contribution is 1.90. The number of hydrogen-bond acceptors (Lipinski definition) is 4. The lowest BCUT2D eigenvalue weighted by Crippen LogP contribution is -2.37. The normalized spacial score (nSPS) is 14.8. The maximum atomic E-state index is 10.8. The minimum Gasteiger partial charge on any atom is -0.316 e. The van der Waals surface area contributed by atoms with E-state index in [4.69, 9.17) is 0 Å². The first-order valence-electron chi connectivity index (χ1n) is 4.38. The molecule has 13 heavy (non-hydrogen) atoms. The van der Waals surface area contributed by atoms with Crippen molar-refractivity contribution in [1.29, 1.82) is 0 Å². The fourth-order valence-corrected chi connectivity index (χ4v) is 1.62. The summed E-state index contributed by atoms with van der Waals surface area (Å²) in [6.45, 7) is 3.54. The van der Waals surface area contributed by atoms with Gasteiger partial charge in [0.1, 0.15) is 9.84 Å². The minimum absolute atomic E-state index is 0.236. The van der Waals surface area contributed by atoms with Gasteiger partial charge in [-0.05, 0) is 21.0 Å². The number of nitrogens with one attached hydrogen (secondary N) is 1. The molecule has 0 radical (unpaired) electrons. The summed E-state index contributed by atoms with van der Waals surface area (Å²) in [5.74, 6) is 0.236. The lowest BCUT2D eigenvalue weighted by molar-refractivity contribution is 0.318. The Morgan fingerprint density at radius 2 is 2.00 bits per heavy atom. The zero-order chi connectivity index (χ0) is 10.5. The third-order valence-corrected chi connectivity index (χ3v) is 2.85. The molecule has 0 saturated carbocycles. The maximum absolute atomic E-state index is 10.8. The first kappa shape index (κ1) is 12.9. The molecule has 0 rings (SSSR count). The second kappa shape index (κ2) is 5.57. The van der Waals surface area contributed by atoms with Gasteiger partial charge in [-0.2, -0.15) is 0 Å². The molecule has 1 unspecified atom stereocenters. The van der Waals surface area contributed by atoms with Crippen molar-refractivity contribution in [3.8, 4) is 0 Å². The Morgan fingerprint density at radius 3 is 2.38 bits per heavy atom. The van der Waals surface area contributed by atoms with Crippen LogP contribution in [0.2, 0.25) is 0 Å². The van der Waals surface area contributed by atoms with Gasteiger partial charge in [0.05, 0.1) is 5.75 Å². The van der Waals surface area contributed by atoms with Crippen LogP contribution in [0.15, 0.2) is 0 Å². The van der Waals surface area contributed by atoms with Gasteiger partial charge >= 0.3 is 0 Å². The Kier molecular flexibility index (Phi) is 5.51. The van der Waals surface area contributed by atoms with Crippen LogP contribution in [0.4, 0.5) is 0 Å². The van der Waals surface area contributed by atoms with Gasteiger partial charge in [0.25, 0.3) is 0 Å². The van der Waals surface area contributed by atoms with E-state index in [1.165, 1.54) is 6.26 Å². The zero-order valence-electron chi connectivity index (χ0n) is 8.87. The predicted molar refractivity (Wildman–Crippen MR) is 55.7 cm³/mol. The second-order valence-electron chi connectivity index (χ2n) is 3.58. The third-order valence-electron chi connectivity index (χ3n) is 1.92. The van der Waals surface area contributed by atoms with E-state index in [2.05, 4.69) is 12.2 Å². The van der Waals surface area contributed by atoms with Crippen molar-refractivity contribution in [2.45, 2.75) is 13.0 Å². The Labute approximate surface area is 81.2 Å². The van der Waals surface area contributed by atoms with Crippen molar-refractivity contribution < 1.29 is 8.42 Å². The van der Waals surface area contributed by atoms with Gasteiger partial charge in [0.15, 0.2) is 0 Å². The SMILES string of the molecule is CNC(C)CN(C)CCS(C)(=O)=O. The fraction of sp³-hybridized carbons (Fsp3) is 1.00. The van der Waals surface area contributed by atoms with Gasteiger partial charge in [0.2, 0.25) is 0 Å². The molecule has 0 bridgehead atoms. The number of rotatable bonds is 6. The lowest BCUT2D eigenvalue weighted by Gasteiger charge is -2.20. The van der Waals surface area contributed by atoms with Crippen molar-refractivity contribution in [3.63, 3.8) is 0 Å². The molecular formula is C8H20N2O2S. The second-order valence-corrected chi connectivity index (χ2v) is 5.84. The Balaban J connectivity index is 3.69. The van der Waals surface area contributed by atoms with E-state index in [1.807, 2.05) is 19.0 Å². The number of nitrogens with zero attached hydrogens (tertiary/aromatic N) is 1. The summed E-state index contributed by atoms with van der Waals surface area (Å²) >= 11 is 0. The van der Waals surface area contributed by atoms with Crippen molar-refractivity contribution in [2.75, 3.05) is 39.2 Å². The van der Waals surface area contributed by atoms with Crippen LogP contribution in [0.1, 0.15) is 6.92 Å². The van der Waals surface area contributed by atoms with E-state index < -0.39 is 9.84 Å². The van der Waals surface area contributed by atoms with Crippen LogP contribution in [0.5, 0.6) is 0 Å². The summed E-state index contributed by atoms with van der Waals surface area (Å²) in [6, 6.07) is 0.393. The molecule has 0 aliphatic heterocycles. The topological polar surface area (TPSA) is 49.4 Å². The molecule has 0 heterocycles. The third kappa shape index (κ3) is 8.21. The Morgan fingerprint density at radius 1 is 1.46 bits per heavy atom. The summed E-state index contributed by atoms with van der Waals surface area (Å²) in [4.78, 5) is 2.02. The molecule has 5 heteroatoms. The van der Waals surface area contributed by atoms with Gasteiger partial charge in [-0.3, -0.25) is 0 Å². The van der Waals surface area contributed by atoms with Gasteiger partial charge in [-0.1, -0.05) is 0 Å². The van der Waals surface area contributed by atoms with Gasteiger partial charge < -0.3 is 10.2 Å². The fourth-order valence-electron chi connectivity index (χ4n) is 0.972.